The molecule has 4 heteroatoms. The van der Waals surface area contributed by atoms with E-state index in [1.165, 1.54) is 12.8 Å². The Bertz CT molecular complexity index is 202. The van der Waals surface area contributed by atoms with Gasteiger partial charge in [0, 0.05) is 31.0 Å². The lowest BCUT2D eigenvalue weighted by atomic mass is 9.81. The summed E-state index contributed by atoms with van der Waals surface area (Å²) >= 11 is 0. The van der Waals surface area contributed by atoms with E-state index in [1.54, 1.807) is 0 Å². The van der Waals surface area contributed by atoms with E-state index in [4.69, 9.17) is 10.5 Å². The molecule has 102 valence electrons. The van der Waals surface area contributed by atoms with Crippen molar-refractivity contribution in [1.82, 2.24) is 5.32 Å². The Morgan fingerprint density at radius 2 is 2.18 bits per heavy atom. The van der Waals surface area contributed by atoms with Crippen molar-refractivity contribution < 1.29 is 9.84 Å². The molecule has 0 spiro atoms. The molecule has 1 fully saturated rings. The molecule has 1 aliphatic rings. The Morgan fingerprint density at radius 1 is 1.41 bits per heavy atom. The minimum absolute atomic E-state index is 0.139. The molecule has 4 N–H and O–H groups in total. The zero-order valence-corrected chi connectivity index (χ0v) is 11.2. The summed E-state index contributed by atoms with van der Waals surface area (Å²) < 4.78 is 5.68. The van der Waals surface area contributed by atoms with Crippen LogP contribution >= 0.6 is 0 Å². The van der Waals surface area contributed by atoms with Crippen molar-refractivity contribution in [2.45, 2.75) is 45.3 Å². The quantitative estimate of drug-likeness (QED) is 0.578. The zero-order valence-electron chi connectivity index (χ0n) is 11.2. The van der Waals surface area contributed by atoms with Crippen molar-refractivity contribution in [2.75, 3.05) is 26.3 Å². The third-order valence-corrected chi connectivity index (χ3v) is 3.75. The van der Waals surface area contributed by atoms with Crippen LogP contribution in [0.15, 0.2) is 0 Å². The summed E-state index contributed by atoms with van der Waals surface area (Å²) in [5, 5.41) is 13.4. The van der Waals surface area contributed by atoms with E-state index in [0.717, 1.165) is 19.6 Å². The van der Waals surface area contributed by atoms with Gasteiger partial charge >= 0.3 is 0 Å². The molecule has 4 nitrogen and oxygen atoms in total. The summed E-state index contributed by atoms with van der Waals surface area (Å²) in [6, 6.07) is 0.139. The van der Waals surface area contributed by atoms with Crippen molar-refractivity contribution >= 4 is 0 Å². The molecule has 1 saturated heterocycles. The number of aliphatic hydroxyl groups excluding tert-OH is 1. The highest BCUT2D eigenvalue weighted by Crippen LogP contribution is 2.22. The molecular formula is C13H28N2O2. The summed E-state index contributed by atoms with van der Waals surface area (Å²) in [4.78, 5) is 0. The zero-order chi connectivity index (χ0) is 12.7. The van der Waals surface area contributed by atoms with Gasteiger partial charge in [0.15, 0.2) is 0 Å². The van der Waals surface area contributed by atoms with Crippen LogP contribution in [0, 0.1) is 11.8 Å². The van der Waals surface area contributed by atoms with Crippen molar-refractivity contribution in [2.24, 2.45) is 17.6 Å². The molecular weight excluding hydrogens is 216 g/mol. The summed E-state index contributed by atoms with van der Waals surface area (Å²) in [5.41, 5.74) is 5.75. The van der Waals surface area contributed by atoms with Crippen LogP contribution in [0.1, 0.15) is 33.1 Å². The first kappa shape index (κ1) is 14.9. The fraction of sp³-hybridized carbons (Fsp3) is 1.00. The third-order valence-electron chi connectivity index (χ3n) is 3.75. The highest BCUT2D eigenvalue weighted by molar-refractivity contribution is 4.90. The van der Waals surface area contributed by atoms with Crippen LogP contribution < -0.4 is 11.1 Å². The van der Waals surface area contributed by atoms with Crippen LogP contribution in [0.2, 0.25) is 0 Å². The molecule has 0 radical (unpaired) electrons. The second-order valence-electron chi connectivity index (χ2n) is 5.13. The van der Waals surface area contributed by atoms with Gasteiger partial charge in [-0.3, -0.25) is 0 Å². The lowest BCUT2D eigenvalue weighted by Gasteiger charge is -2.39. The average Bonchev–Trinajstić information content (AvgIpc) is 2.33. The normalized spacial score (nSPS) is 33.9. The van der Waals surface area contributed by atoms with Crippen LogP contribution in [0.25, 0.3) is 0 Å². The van der Waals surface area contributed by atoms with Crippen molar-refractivity contribution in [3.63, 3.8) is 0 Å². The smallest absolute Gasteiger partial charge is 0.0734 e. The fourth-order valence-electron chi connectivity index (χ4n) is 2.46. The Labute approximate surface area is 105 Å². The Hall–Kier alpha value is -0.160. The highest BCUT2D eigenvalue weighted by Gasteiger charge is 2.35. The van der Waals surface area contributed by atoms with Crippen molar-refractivity contribution in [3.8, 4) is 0 Å². The Balaban J connectivity index is 2.26. The van der Waals surface area contributed by atoms with Crippen LogP contribution in [-0.2, 0) is 4.74 Å². The molecule has 1 rings (SSSR count). The second-order valence-corrected chi connectivity index (χ2v) is 5.13. The molecule has 1 heterocycles. The van der Waals surface area contributed by atoms with Crippen LogP contribution in [0.3, 0.4) is 0 Å². The largest absolute Gasteiger partial charge is 0.391 e. The molecule has 0 aromatic heterocycles. The van der Waals surface area contributed by atoms with E-state index in [-0.39, 0.29) is 18.1 Å². The Kier molecular flexibility index (Phi) is 7.04. The summed E-state index contributed by atoms with van der Waals surface area (Å²) in [5.74, 6) is 0.505. The first-order valence-electron chi connectivity index (χ1n) is 6.90. The van der Waals surface area contributed by atoms with Gasteiger partial charge in [0.25, 0.3) is 0 Å². The predicted octanol–water partition coefficient (Wildman–Crippen LogP) is 0.737. The van der Waals surface area contributed by atoms with E-state index in [2.05, 4.69) is 12.2 Å². The van der Waals surface area contributed by atoms with Gasteiger partial charge in [0.2, 0.25) is 0 Å². The second kappa shape index (κ2) is 8.03. The van der Waals surface area contributed by atoms with Crippen molar-refractivity contribution in [3.05, 3.63) is 0 Å². The average molecular weight is 244 g/mol. The molecule has 17 heavy (non-hydrogen) atoms. The summed E-state index contributed by atoms with van der Waals surface area (Å²) in [6.07, 6.45) is 3.22. The molecule has 0 amide bonds. The van der Waals surface area contributed by atoms with E-state index < -0.39 is 0 Å². The van der Waals surface area contributed by atoms with E-state index in [0.29, 0.717) is 19.1 Å². The van der Waals surface area contributed by atoms with E-state index >= 15 is 0 Å². The van der Waals surface area contributed by atoms with Crippen molar-refractivity contribution in [1.29, 1.82) is 0 Å². The minimum Gasteiger partial charge on any atom is -0.391 e. The maximum atomic E-state index is 10.1. The number of piperidine rings is 1. The first-order chi connectivity index (χ1) is 8.20. The third kappa shape index (κ3) is 4.54. The van der Waals surface area contributed by atoms with Gasteiger partial charge in [-0.2, -0.15) is 0 Å². The maximum Gasteiger partial charge on any atom is 0.0734 e. The summed E-state index contributed by atoms with van der Waals surface area (Å²) in [7, 11) is 0. The fourth-order valence-corrected chi connectivity index (χ4v) is 2.46. The standard InChI is InChI=1S/C13H28N2O2/c1-3-4-5-6-17-9-11-8-15-10(2)13(16)12(11)7-14/h10-13,15-16H,3-9,14H2,1-2H3. The maximum absolute atomic E-state index is 10.1. The number of nitrogens with two attached hydrogens (primary N) is 1. The number of rotatable bonds is 7. The number of nitrogens with one attached hydrogen (secondary N) is 1. The van der Waals surface area contributed by atoms with Crippen LogP contribution in [-0.4, -0.2) is 43.6 Å². The number of hydrogen-bond donors (Lipinski definition) is 3. The minimum atomic E-state index is -0.349. The lowest BCUT2D eigenvalue weighted by molar-refractivity contribution is -0.0167. The molecule has 4 unspecified atom stereocenters. The number of hydrogen-bond acceptors (Lipinski definition) is 4. The molecule has 0 aliphatic carbocycles. The molecule has 1 aliphatic heterocycles. The SMILES string of the molecule is CCCCCOCC1CNC(C)C(O)C1CN. The first-order valence-corrected chi connectivity index (χ1v) is 6.90. The number of aliphatic hydroxyl groups is 1. The Morgan fingerprint density at radius 3 is 2.82 bits per heavy atom. The molecule has 0 bridgehead atoms. The molecule has 0 aromatic carbocycles. The van der Waals surface area contributed by atoms with E-state index in [1.807, 2.05) is 6.92 Å². The van der Waals surface area contributed by atoms with Gasteiger partial charge in [0.1, 0.15) is 0 Å². The van der Waals surface area contributed by atoms with Gasteiger partial charge in [-0.05, 0) is 19.9 Å². The molecule has 0 saturated carbocycles. The lowest BCUT2D eigenvalue weighted by Crippen LogP contribution is -2.56. The van der Waals surface area contributed by atoms with Gasteiger partial charge < -0.3 is 20.9 Å². The van der Waals surface area contributed by atoms with Crippen LogP contribution in [0.4, 0.5) is 0 Å². The van der Waals surface area contributed by atoms with Crippen LogP contribution in [0.5, 0.6) is 0 Å². The van der Waals surface area contributed by atoms with Gasteiger partial charge in [0.05, 0.1) is 12.7 Å². The molecule has 0 aromatic rings. The van der Waals surface area contributed by atoms with Gasteiger partial charge in [-0.15, -0.1) is 0 Å². The number of ether oxygens (including phenoxy) is 1. The summed E-state index contributed by atoms with van der Waals surface area (Å²) in [6.45, 7) is 7.17. The monoisotopic (exact) mass is 244 g/mol. The predicted molar refractivity (Wildman–Crippen MR) is 69.8 cm³/mol. The highest BCUT2D eigenvalue weighted by atomic mass is 16.5. The van der Waals surface area contributed by atoms with Gasteiger partial charge in [-0.1, -0.05) is 19.8 Å². The topological polar surface area (TPSA) is 67.5 Å². The van der Waals surface area contributed by atoms with E-state index in [9.17, 15) is 5.11 Å². The molecule has 4 atom stereocenters. The van der Waals surface area contributed by atoms with Gasteiger partial charge in [-0.25, -0.2) is 0 Å². The number of unbranched alkanes of at least 4 members (excludes halogenated alkanes) is 2.